The van der Waals surface area contributed by atoms with E-state index in [4.69, 9.17) is 4.42 Å². The lowest BCUT2D eigenvalue weighted by molar-refractivity contribution is 0.668. The molecule has 0 aliphatic rings. The molecule has 0 atom stereocenters. The number of fused-ring (bicyclic) bond motifs is 12. The molecule has 0 saturated carbocycles. The number of rotatable bonds is 2. The maximum atomic E-state index is 6.89. The van der Waals surface area contributed by atoms with Gasteiger partial charge >= 0.3 is 0 Å². The van der Waals surface area contributed by atoms with Crippen LogP contribution in [0.4, 0.5) is 0 Å². The van der Waals surface area contributed by atoms with Gasteiger partial charge in [-0.15, -0.1) is 0 Å². The molecule has 0 unspecified atom stereocenters. The molecule has 2 aromatic heterocycles. The molecule has 0 saturated heterocycles. The van der Waals surface area contributed by atoms with Crippen molar-refractivity contribution in [3.8, 4) is 5.69 Å². The van der Waals surface area contributed by atoms with Gasteiger partial charge < -0.3 is 8.98 Å². The Morgan fingerprint density at radius 2 is 0.952 bits per heavy atom. The van der Waals surface area contributed by atoms with Crippen molar-refractivity contribution in [1.29, 1.82) is 0 Å². The van der Waals surface area contributed by atoms with Crippen LogP contribution in [0.3, 0.4) is 0 Å². The van der Waals surface area contributed by atoms with Crippen LogP contribution >= 0.6 is 0 Å². The van der Waals surface area contributed by atoms with Gasteiger partial charge in [-0.05, 0) is 61.8 Å². The Morgan fingerprint density at radius 1 is 0.429 bits per heavy atom. The van der Waals surface area contributed by atoms with E-state index in [0.717, 1.165) is 16.9 Å². The minimum Gasteiger partial charge on any atom is -0.454 e. The molecule has 0 amide bonds. The van der Waals surface area contributed by atoms with Crippen LogP contribution in [-0.2, 0) is 0 Å². The molecule has 9 aromatic rings. The predicted octanol–water partition coefficient (Wildman–Crippen LogP) is 10.7. The van der Waals surface area contributed by atoms with Gasteiger partial charge in [0.15, 0.2) is 5.58 Å². The zero-order valence-corrected chi connectivity index (χ0v) is 24.9. The first-order valence-electron chi connectivity index (χ1n) is 14.7. The van der Waals surface area contributed by atoms with Crippen molar-refractivity contribution in [3.63, 3.8) is 0 Å². The van der Waals surface area contributed by atoms with E-state index in [9.17, 15) is 0 Å². The maximum Gasteiger partial charge on any atom is 0.159 e. The second-order valence-electron chi connectivity index (χ2n) is 12.5. The van der Waals surface area contributed by atoms with E-state index in [-0.39, 0.29) is 0 Å². The van der Waals surface area contributed by atoms with Crippen LogP contribution in [0.15, 0.2) is 126 Å². The van der Waals surface area contributed by atoms with E-state index in [1.807, 2.05) is 0 Å². The summed E-state index contributed by atoms with van der Waals surface area (Å²) in [4.78, 5) is 0. The maximum absolute atomic E-state index is 6.89. The minimum atomic E-state index is -1.61. The van der Waals surface area contributed by atoms with Crippen molar-refractivity contribution in [2.75, 3.05) is 0 Å². The summed E-state index contributed by atoms with van der Waals surface area (Å²) >= 11 is 0. The number of benzene rings is 7. The highest BCUT2D eigenvalue weighted by Gasteiger charge is 2.24. The fourth-order valence-corrected chi connectivity index (χ4v) is 8.66. The zero-order valence-electron chi connectivity index (χ0n) is 23.9. The lowest BCUT2D eigenvalue weighted by Gasteiger charge is -2.16. The van der Waals surface area contributed by atoms with E-state index in [2.05, 4.69) is 146 Å². The van der Waals surface area contributed by atoms with Gasteiger partial charge in [0, 0.05) is 21.5 Å². The first-order valence-corrected chi connectivity index (χ1v) is 18.2. The Labute approximate surface area is 244 Å². The number of hydrogen-bond donors (Lipinski definition) is 0. The Kier molecular flexibility index (Phi) is 4.73. The highest BCUT2D eigenvalue weighted by atomic mass is 28.3. The number of para-hydroxylation sites is 3. The third-order valence-corrected chi connectivity index (χ3v) is 11.1. The smallest absolute Gasteiger partial charge is 0.159 e. The van der Waals surface area contributed by atoms with Gasteiger partial charge in [0.05, 0.1) is 24.8 Å². The Bertz CT molecular complexity index is 2560. The van der Waals surface area contributed by atoms with Crippen LogP contribution in [-0.4, -0.2) is 12.6 Å². The lowest BCUT2D eigenvalue weighted by atomic mass is 9.93. The number of nitrogens with zero attached hydrogens (tertiary/aromatic N) is 1. The normalized spacial score (nSPS) is 12.6. The molecule has 0 N–H and O–H groups in total. The van der Waals surface area contributed by atoms with Gasteiger partial charge in [0.1, 0.15) is 5.58 Å². The molecular formula is C39H29NOSi. The first kappa shape index (κ1) is 23.8. The summed E-state index contributed by atoms with van der Waals surface area (Å²) in [6.07, 6.45) is 0. The van der Waals surface area contributed by atoms with E-state index < -0.39 is 8.07 Å². The molecule has 0 spiro atoms. The summed E-state index contributed by atoms with van der Waals surface area (Å²) in [5.41, 5.74) is 5.46. The third kappa shape index (κ3) is 3.14. The van der Waals surface area contributed by atoms with Crippen LogP contribution < -0.4 is 5.19 Å². The van der Waals surface area contributed by atoms with Crippen LogP contribution in [0.5, 0.6) is 0 Å². The molecule has 7 aromatic carbocycles. The van der Waals surface area contributed by atoms with Crippen molar-refractivity contribution in [1.82, 2.24) is 4.57 Å². The molecule has 42 heavy (non-hydrogen) atoms. The second kappa shape index (κ2) is 8.34. The van der Waals surface area contributed by atoms with Gasteiger partial charge in [-0.1, -0.05) is 117 Å². The average Bonchev–Trinajstić information content (AvgIpc) is 3.55. The largest absolute Gasteiger partial charge is 0.454 e. The fraction of sp³-hybridized carbons (Fsp3) is 0.0769. The lowest BCUT2D eigenvalue weighted by Crippen LogP contribution is -2.37. The van der Waals surface area contributed by atoms with E-state index in [1.54, 1.807) is 0 Å². The first-order chi connectivity index (χ1) is 20.5. The predicted molar refractivity (Wildman–Crippen MR) is 184 cm³/mol. The quantitative estimate of drug-likeness (QED) is 0.153. The summed E-state index contributed by atoms with van der Waals surface area (Å²) in [5.74, 6) is 0. The molecule has 0 fully saturated rings. The molecule has 0 bridgehead atoms. The van der Waals surface area contributed by atoms with Crippen LogP contribution in [0.1, 0.15) is 0 Å². The average molecular weight is 556 g/mol. The van der Waals surface area contributed by atoms with Crippen molar-refractivity contribution in [2.45, 2.75) is 19.6 Å². The topological polar surface area (TPSA) is 18.1 Å². The Morgan fingerprint density at radius 3 is 1.62 bits per heavy atom. The minimum absolute atomic E-state index is 0.948. The molecule has 0 aliphatic heterocycles. The molecule has 2 heterocycles. The molecule has 0 aliphatic carbocycles. The summed E-state index contributed by atoms with van der Waals surface area (Å²) in [7, 11) is -1.61. The SMILES string of the molecule is C[Si](C)(C)c1cccc2c1oc1c(-n3c4ccccc4c4cc5c6ccccc6c6ccccc6c5cc43)cccc12. The number of aromatic nitrogens is 1. The van der Waals surface area contributed by atoms with Crippen LogP contribution in [0.25, 0.3) is 81.7 Å². The summed E-state index contributed by atoms with van der Waals surface area (Å²) in [6.45, 7) is 7.17. The highest BCUT2D eigenvalue weighted by Crippen LogP contribution is 2.42. The monoisotopic (exact) mass is 555 g/mol. The Hall–Kier alpha value is -4.86. The Balaban J connectivity index is 1.47. The van der Waals surface area contributed by atoms with E-state index >= 15 is 0 Å². The van der Waals surface area contributed by atoms with Gasteiger partial charge in [0.25, 0.3) is 0 Å². The molecule has 3 heteroatoms. The van der Waals surface area contributed by atoms with Crippen molar-refractivity contribution >= 4 is 89.3 Å². The summed E-state index contributed by atoms with van der Waals surface area (Å²) in [5, 5.41) is 14.0. The summed E-state index contributed by atoms with van der Waals surface area (Å²) in [6, 6.07) is 44.5. The van der Waals surface area contributed by atoms with Crippen LogP contribution in [0.2, 0.25) is 19.6 Å². The number of furan rings is 1. The zero-order chi connectivity index (χ0) is 28.2. The molecular weight excluding hydrogens is 527 g/mol. The third-order valence-electron chi connectivity index (χ3n) is 9.09. The van der Waals surface area contributed by atoms with Crippen molar-refractivity contribution < 1.29 is 4.42 Å². The van der Waals surface area contributed by atoms with E-state index in [0.29, 0.717) is 0 Å². The standard InChI is InChI=1S/C39H29NOSi/c1-42(2,3)37-21-11-18-30-29-17-10-20-35(38(29)41-39(30)37)40-34-19-9-8-16-28(34)33-22-31-26-14-6-4-12-24(26)25-13-5-7-15-27(25)32(31)23-36(33)40/h4-23H,1-3H3. The molecule has 0 radical (unpaired) electrons. The summed E-state index contributed by atoms with van der Waals surface area (Å²) < 4.78 is 9.32. The highest BCUT2D eigenvalue weighted by molar-refractivity contribution is 6.90. The van der Waals surface area contributed by atoms with E-state index in [1.165, 1.54) is 70.1 Å². The molecule has 9 rings (SSSR count). The van der Waals surface area contributed by atoms with Crippen LogP contribution in [0, 0.1) is 0 Å². The van der Waals surface area contributed by atoms with Gasteiger partial charge in [-0.2, -0.15) is 0 Å². The number of hydrogen-bond acceptors (Lipinski definition) is 1. The van der Waals surface area contributed by atoms with Crippen molar-refractivity contribution in [3.05, 3.63) is 121 Å². The van der Waals surface area contributed by atoms with Gasteiger partial charge in [0.2, 0.25) is 0 Å². The second-order valence-corrected chi connectivity index (χ2v) is 17.6. The van der Waals surface area contributed by atoms with Gasteiger partial charge in [-0.3, -0.25) is 0 Å². The van der Waals surface area contributed by atoms with Gasteiger partial charge in [-0.25, -0.2) is 0 Å². The fourth-order valence-electron chi connectivity index (χ4n) is 7.20. The molecule has 2 nitrogen and oxygen atoms in total. The van der Waals surface area contributed by atoms with Crippen molar-refractivity contribution in [2.24, 2.45) is 0 Å². The molecule has 200 valence electrons.